The monoisotopic (exact) mass is 263 g/mol. The number of pyridine rings is 1. The molecule has 1 atom stereocenters. The zero-order valence-electron chi connectivity index (χ0n) is 11.3. The minimum Gasteiger partial charge on any atom is -0.384 e. The summed E-state index contributed by atoms with van der Waals surface area (Å²) >= 11 is 0. The molecule has 2 saturated heterocycles. The summed E-state index contributed by atoms with van der Waals surface area (Å²) in [5.74, 6) is 1.07. The van der Waals surface area contributed by atoms with Gasteiger partial charge in [0.25, 0.3) is 0 Å². The number of anilines is 1. The Labute approximate surface area is 113 Å². The number of aromatic nitrogens is 1. The molecule has 19 heavy (non-hydrogen) atoms. The molecule has 0 aromatic carbocycles. The number of nitrogens with zero attached hydrogens (tertiary/aromatic N) is 2. The largest absolute Gasteiger partial charge is 0.384 e. The van der Waals surface area contributed by atoms with Gasteiger partial charge in [0.05, 0.1) is 18.4 Å². The van der Waals surface area contributed by atoms with Gasteiger partial charge < -0.3 is 15.2 Å². The molecule has 2 fully saturated rings. The van der Waals surface area contributed by atoms with E-state index in [1.165, 1.54) is 5.56 Å². The second-order valence-corrected chi connectivity index (χ2v) is 5.38. The lowest BCUT2D eigenvalue weighted by Gasteiger charge is -2.38. The van der Waals surface area contributed by atoms with Crippen LogP contribution in [0.5, 0.6) is 0 Å². The van der Waals surface area contributed by atoms with Crippen molar-refractivity contribution in [1.82, 2.24) is 9.88 Å². The van der Waals surface area contributed by atoms with Gasteiger partial charge in [0.15, 0.2) is 0 Å². The Morgan fingerprint density at radius 1 is 1.47 bits per heavy atom. The Hall–Kier alpha value is -1.17. The normalized spacial score (nSPS) is 24.6. The van der Waals surface area contributed by atoms with Crippen molar-refractivity contribution in [3.8, 4) is 0 Å². The zero-order valence-corrected chi connectivity index (χ0v) is 11.3. The van der Waals surface area contributed by atoms with Gasteiger partial charge in [0.2, 0.25) is 0 Å². The van der Waals surface area contributed by atoms with E-state index in [9.17, 15) is 0 Å². The molecule has 2 aliphatic rings. The lowest BCUT2D eigenvalue weighted by molar-refractivity contribution is -0.0340. The highest BCUT2D eigenvalue weighted by Gasteiger charge is 2.29. The molecular weight excluding hydrogens is 242 g/mol. The molecule has 0 bridgehead atoms. The fraction of sp³-hybridized carbons (Fsp3) is 0.643. The van der Waals surface area contributed by atoms with E-state index in [0.717, 1.165) is 45.0 Å². The molecule has 5 heteroatoms. The van der Waals surface area contributed by atoms with Crippen molar-refractivity contribution in [2.45, 2.75) is 25.0 Å². The van der Waals surface area contributed by atoms with E-state index >= 15 is 0 Å². The fourth-order valence-corrected chi connectivity index (χ4v) is 2.82. The van der Waals surface area contributed by atoms with Crippen LogP contribution in [0.15, 0.2) is 12.1 Å². The summed E-state index contributed by atoms with van der Waals surface area (Å²) < 4.78 is 10.8. The van der Waals surface area contributed by atoms with Crippen molar-refractivity contribution in [2.75, 3.05) is 39.1 Å². The molecule has 3 rings (SSSR count). The highest BCUT2D eigenvalue weighted by atomic mass is 16.5. The molecule has 3 heterocycles. The second kappa shape index (κ2) is 5.45. The maximum absolute atomic E-state index is 5.83. The third-order valence-corrected chi connectivity index (χ3v) is 4.03. The number of methoxy groups -OCH3 is 1. The predicted octanol–water partition coefficient (Wildman–Crippen LogP) is 0.998. The number of likely N-dealkylation sites (tertiary alicyclic amines) is 1. The van der Waals surface area contributed by atoms with Crippen molar-refractivity contribution in [3.05, 3.63) is 23.4 Å². The molecule has 0 spiro atoms. The van der Waals surface area contributed by atoms with E-state index in [0.29, 0.717) is 17.8 Å². The third kappa shape index (κ3) is 2.73. The van der Waals surface area contributed by atoms with Crippen LogP contribution in [0.1, 0.15) is 23.6 Å². The van der Waals surface area contributed by atoms with Crippen LogP contribution in [0, 0.1) is 0 Å². The lowest BCUT2D eigenvalue weighted by Crippen LogP contribution is -2.51. The van der Waals surface area contributed by atoms with E-state index in [-0.39, 0.29) is 0 Å². The summed E-state index contributed by atoms with van der Waals surface area (Å²) in [6.45, 7) is 4.47. The Morgan fingerprint density at radius 2 is 2.32 bits per heavy atom. The smallest absolute Gasteiger partial charge is 0.123 e. The minimum absolute atomic E-state index is 0.374. The van der Waals surface area contributed by atoms with Crippen molar-refractivity contribution in [2.24, 2.45) is 0 Å². The van der Waals surface area contributed by atoms with Gasteiger partial charge in [-0.15, -0.1) is 0 Å². The Kier molecular flexibility index (Phi) is 3.68. The van der Waals surface area contributed by atoms with Crippen molar-refractivity contribution in [3.63, 3.8) is 0 Å². The van der Waals surface area contributed by atoms with Crippen LogP contribution >= 0.6 is 0 Å². The summed E-state index contributed by atoms with van der Waals surface area (Å²) in [5.41, 5.74) is 8.23. The van der Waals surface area contributed by atoms with Crippen LogP contribution in [-0.2, 0) is 16.0 Å². The first kappa shape index (κ1) is 12.8. The van der Waals surface area contributed by atoms with Crippen LogP contribution in [0.25, 0.3) is 0 Å². The standard InChI is InChI=1S/C14H21N3O2/c1-18-11-6-17(7-11)8-13-12(2-3-14(15)16-13)10-4-5-19-9-10/h2-3,10-11H,4-9H2,1H3,(H2,15,16). The first-order chi connectivity index (χ1) is 9.26. The highest BCUT2D eigenvalue weighted by molar-refractivity contribution is 5.36. The average Bonchev–Trinajstić information content (AvgIpc) is 2.87. The summed E-state index contributed by atoms with van der Waals surface area (Å²) in [4.78, 5) is 6.87. The van der Waals surface area contributed by atoms with Crippen LogP contribution < -0.4 is 5.73 Å². The summed E-state index contributed by atoms with van der Waals surface area (Å²) in [7, 11) is 1.77. The molecule has 0 aliphatic carbocycles. The van der Waals surface area contributed by atoms with Crippen LogP contribution in [0.4, 0.5) is 5.82 Å². The van der Waals surface area contributed by atoms with Gasteiger partial charge in [-0.2, -0.15) is 0 Å². The first-order valence-electron chi connectivity index (χ1n) is 6.84. The number of hydrogen-bond acceptors (Lipinski definition) is 5. The summed E-state index contributed by atoms with van der Waals surface area (Å²) in [6.07, 6.45) is 1.46. The summed E-state index contributed by atoms with van der Waals surface area (Å²) in [5, 5.41) is 0. The highest BCUT2D eigenvalue weighted by Crippen LogP contribution is 2.29. The van der Waals surface area contributed by atoms with Gasteiger partial charge in [0, 0.05) is 39.3 Å². The molecule has 5 nitrogen and oxygen atoms in total. The molecule has 2 N–H and O–H groups in total. The molecule has 1 aromatic rings. The second-order valence-electron chi connectivity index (χ2n) is 5.38. The quantitative estimate of drug-likeness (QED) is 0.878. The maximum Gasteiger partial charge on any atom is 0.123 e. The lowest BCUT2D eigenvalue weighted by atomic mass is 9.96. The molecular formula is C14H21N3O2. The molecule has 0 radical (unpaired) electrons. The average molecular weight is 263 g/mol. The van der Waals surface area contributed by atoms with Crippen molar-refractivity contribution in [1.29, 1.82) is 0 Å². The Bertz CT molecular complexity index is 440. The molecule has 1 unspecified atom stereocenters. The van der Waals surface area contributed by atoms with Gasteiger partial charge in [-0.25, -0.2) is 4.98 Å². The molecule has 104 valence electrons. The maximum atomic E-state index is 5.83. The van der Waals surface area contributed by atoms with E-state index in [4.69, 9.17) is 15.2 Å². The van der Waals surface area contributed by atoms with Crippen molar-refractivity contribution >= 4 is 5.82 Å². The fourth-order valence-electron chi connectivity index (χ4n) is 2.82. The Morgan fingerprint density at radius 3 is 3.00 bits per heavy atom. The van der Waals surface area contributed by atoms with Crippen LogP contribution in [0.2, 0.25) is 0 Å². The molecule has 1 aromatic heterocycles. The zero-order chi connectivity index (χ0) is 13.2. The number of ether oxygens (including phenoxy) is 2. The van der Waals surface area contributed by atoms with Crippen LogP contribution in [0.3, 0.4) is 0 Å². The Balaban J connectivity index is 1.73. The number of rotatable bonds is 4. The van der Waals surface area contributed by atoms with E-state index < -0.39 is 0 Å². The van der Waals surface area contributed by atoms with Crippen LogP contribution in [-0.4, -0.2) is 49.4 Å². The first-order valence-corrected chi connectivity index (χ1v) is 6.84. The van der Waals surface area contributed by atoms with Gasteiger partial charge in [-0.05, 0) is 18.1 Å². The predicted molar refractivity (Wildman–Crippen MR) is 72.9 cm³/mol. The van der Waals surface area contributed by atoms with Gasteiger partial charge in [-0.3, -0.25) is 4.90 Å². The van der Waals surface area contributed by atoms with Gasteiger partial charge in [-0.1, -0.05) is 6.07 Å². The van der Waals surface area contributed by atoms with E-state index in [1.807, 2.05) is 6.07 Å². The number of hydrogen-bond donors (Lipinski definition) is 1. The van der Waals surface area contributed by atoms with Crippen molar-refractivity contribution < 1.29 is 9.47 Å². The molecule has 0 saturated carbocycles. The molecule has 2 aliphatic heterocycles. The van der Waals surface area contributed by atoms with E-state index in [2.05, 4.69) is 16.0 Å². The summed E-state index contributed by atoms with van der Waals surface area (Å²) in [6, 6.07) is 4.01. The molecule has 0 amide bonds. The van der Waals surface area contributed by atoms with E-state index in [1.54, 1.807) is 7.11 Å². The SMILES string of the molecule is COC1CN(Cc2nc(N)ccc2C2CCOC2)C1. The van der Waals surface area contributed by atoms with Gasteiger partial charge >= 0.3 is 0 Å². The topological polar surface area (TPSA) is 60.6 Å². The third-order valence-electron chi connectivity index (χ3n) is 4.03. The van der Waals surface area contributed by atoms with Gasteiger partial charge in [0.1, 0.15) is 5.82 Å². The number of nitrogens with two attached hydrogens (primary N) is 1. The number of nitrogen functional groups attached to an aromatic ring is 1. The minimum atomic E-state index is 0.374.